The molecule has 6 heterocycles. The summed E-state index contributed by atoms with van der Waals surface area (Å²) in [5.41, 5.74) is 42.5. The van der Waals surface area contributed by atoms with Crippen LogP contribution in [0.2, 0.25) is 10.0 Å². The fraction of sp³-hybridized carbons (Fsp3) is 0.318. The van der Waals surface area contributed by atoms with Gasteiger partial charge in [-0.3, -0.25) is 0 Å². The molecule has 340 valence electrons. The second-order valence-corrected chi connectivity index (χ2v) is 20.8. The predicted molar refractivity (Wildman–Crippen MR) is 259 cm³/mol. The Bertz CT molecular complexity index is 2700. The van der Waals surface area contributed by atoms with E-state index in [1.165, 1.54) is 23.5 Å². The molecular weight excluding hydrogens is 939 g/mol. The van der Waals surface area contributed by atoms with E-state index < -0.39 is 8.25 Å². The third-order valence-corrected chi connectivity index (χ3v) is 17.4. The fourth-order valence-corrected chi connectivity index (χ4v) is 12.4. The average molecular weight is 985 g/mol. The molecule has 4 aromatic heterocycles. The minimum atomic E-state index is -2.55. The molecule has 0 radical (unpaired) electrons. The molecule has 2 atom stereocenters. The Balaban J connectivity index is 0.727. The van der Waals surface area contributed by atoms with Crippen molar-refractivity contribution in [3.63, 3.8) is 0 Å². The first kappa shape index (κ1) is 44.4. The topological polar surface area (TPSA) is 275 Å². The van der Waals surface area contributed by atoms with Crippen LogP contribution in [0.3, 0.4) is 0 Å². The molecule has 10 rings (SSSR count). The molecule has 0 bridgehead atoms. The lowest BCUT2D eigenvalue weighted by atomic mass is 9.73. The van der Waals surface area contributed by atoms with E-state index in [1.807, 2.05) is 36.4 Å². The van der Waals surface area contributed by atoms with Crippen molar-refractivity contribution in [2.45, 2.75) is 70.5 Å². The Morgan fingerprint density at radius 2 is 1.02 bits per heavy atom. The van der Waals surface area contributed by atoms with Crippen LogP contribution in [-0.4, -0.2) is 56.1 Å². The van der Waals surface area contributed by atoms with Gasteiger partial charge in [-0.2, -0.15) is 0 Å². The third kappa shape index (κ3) is 8.35. The highest BCUT2D eigenvalue weighted by atomic mass is 35.5. The van der Waals surface area contributed by atoms with Crippen LogP contribution in [0.15, 0.2) is 93.2 Å². The molecule has 4 aliphatic rings. The van der Waals surface area contributed by atoms with Crippen molar-refractivity contribution < 1.29 is 13.6 Å². The van der Waals surface area contributed by atoms with Crippen molar-refractivity contribution in [1.82, 2.24) is 29.9 Å². The highest BCUT2D eigenvalue weighted by Crippen LogP contribution is 2.54. The summed E-state index contributed by atoms with van der Waals surface area (Å²) in [7, 11) is -2.55. The Kier molecular flexibility index (Phi) is 11.9. The first-order valence-corrected chi connectivity index (χ1v) is 24.8. The summed E-state index contributed by atoms with van der Waals surface area (Å²) >= 11 is 15.3. The lowest BCUT2D eigenvalue weighted by molar-refractivity contribution is 0.187. The summed E-state index contributed by atoms with van der Waals surface area (Å²) < 4.78 is 25.1. The van der Waals surface area contributed by atoms with Gasteiger partial charge in [0.1, 0.15) is 33.3 Å². The van der Waals surface area contributed by atoms with Crippen molar-refractivity contribution in [2.75, 3.05) is 58.9 Å². The van der Waals surface area contributed by atoms with E-state index >= 15 is 0 Å². The minimum absolute atomic E-state index is 0.139. The molecule has 2 aliphatic heterocycles. The van der Waals surface area contributed by atoms with Crippen LogP contribution < -0.4 is 53.2 Å². The number of hydrogen-bond acceptors (Lipinski definition) is 19. The Hall–Kier alpha value is -5.40. The summed E-state index contributed by atoms with van der Waals surface area (Å²) in [5.74, 6) is 3.39. The number of aromatic nitrogens is 6. The fourth-order valence-electron chi connectivity index (χ4n) is 9.80. The van der Waals surface area contributed by atoms with Crippen molar-refractivity contribution >= 4 is 89.9 Å². The number of anilines is 6. The van der Waals surface area contributed by atoms with Gasteiger partial charge < -0.3 is 44.2 Å². The molecular formula is C44H46Cl2N14O3PS2+. The molecule has 2 spiro atoms. The summed E-state index contributed by atoms with van der Waals surface area (Å²) in [6.45, 7) is 2.96. The second kappa shape index (κ2) is 17.7. The smallest absolute Gasteiger partial charge is 0.382 e. The van der Waals surface area contributed by atoms with Gasteiger partial charge in [-0.15, -0.1) is 0 Å². The molecule has 2 aliphatic carbocycles. The van der Waals surface area contributed by atoms with Crippen molar-refractivity contribution in [3.8, 4) is 11.5 Å². The number of hydrogen-bond donors (Lipinski definition) is 6. The molecule has 2 fully saturated rings. The zero-order chi connectivity index (χ0) is 45.9. The normalized spacial score (nSPS) is 19.2. The number of nitrogens with zero attached hydrogens (tertiary/aromatic N) is 8. The number of rotatable bonds is 10. The van der Waals surface area contributed by atoms with Crippen LogP contribution in [0, 0.1) is 10.8 Å². The molecule has 66 heavy (non-hydrogen) atoms. The predicted octanol–water partition coefficient (Wildman–Crippen LogP) is 7.80. The molecule has 12 N–H and O–H groups in total. The number of nitrogens with two attached hydrogens (primary N) is 6. The maximum absolute atomic E-state index is 13.4. The van der Waals surface area contributed by atoms with E-state index in [4.69, 9.17) is 66.7 Å². The van der Waals surface area contributed by atoms with Gasteiger partial charge in [-0.05, 0) is 108 Å². The molecule has 2 aromatic carbocycles. The minimum Gasteiger partial charge on any atom is -0.382 e. The SMILES string of the molecule is Nc1nc(N2CCC3(CC2)Cc2ccc(O[P+](=O)Oc4ccc5c(c4)[C@@H](N)C4(CCN(c6cnc(Sc7ccnc(N)c7Cl)c(N)n6)CC4)C5)cc2[C@H]3N)cnc1Sc1ccnc(N)c1Cl. The van der Waals surface area contributed by atoms with E-state index in [-0.39, 0.29) is 34.5 Å². The number of benzene rings is 2. The standard InChI is InChI=1S/C44H46Cl2N14O3PS2/c45-33-29(5-11-53-37(33)49)65-41-39(51)57-31(21-55-41)59-13-7-43(8-14-59)19-23-1-3-25(17-27(23)35(43)47)62-64(61)63-26-4-2-24-20-44(36(48)28(24)18-26)9-15-60(16-10-44)32-22-56-42(40(52)58-32)66-30-6-12-54-38(50)34(30)46/h1-6,11-12,17-18,21-22,35-36H,7-10,13-16,19-20,47-48H2,(H2,49,53)(H2,50,54)(H2,51,57)(H2,52,58)/q+1/t35-,36-/m1/s1. The maximum Gasteiger partial charge on any atom is 0.805 e. The number of piperidine rings is 2. The monoisotopic (exact) mass is 983 g/mol. The van der Waals surface area contributed by atoms with Gasteiger partial charge >= 0.3 is 8.25 Å². The average Bonchev–Trinajstić information content (AvgIpc) is 3.73. The van der Waals surface area contributed by atoms with Gasteiger partial charge in [-0.25, -0.2) is 39.0 Å². The van der Waals surface area contributed by atoms with Crippen LogP contribution in [0.5, 0.6) is 11.5 Å². The van der Waals surface area contributed by atoms with E-state index in [0.717, 1.165) is 87.0 Å². The Labute approximate surface area is 400 Å². The highest BCUT2D eigenvalue weighted by Gasteiger charge is 2.48. The largest absolute Gasteiger partial charge is 0.805 e. The lowest BCUT2D eigenvalue weighted by Crippen LogP contribution is -2.44. The van der Waals surface area contributed by atoms with Gasteiger partial charge in [0.15, 0.2) is 23.1 Å². The van der Waals surface area contributed by atoms with Crippen LogP contribution in [-0.2, 0) is 17.4 Å². The molecule has 0 unspecified atom stereocenters. The van der Waals surface area contributed by atoms with Crippen LogP contribution >= 0.6 is 55.0 Å². The molecule has 22 heteroatoms. The zero-order valence-electron chi connectivity index (χ0n) is 35.4. The molecule has 6 aromatic rings. The summed E-state index contributed by atoms with van der Waals surface area (Å²) in [6.07, 6.45) is 11.7. The number of halogens is 2. The second-order valence-electron chi connectivity index (χ2n) is 17.2. The number of nitrogen functional groups attached to an aromatic ring is 4. The third-order valence-electron chi connectivity index (χ3n) is 13.5. The van der Waals surface area contributed by atoms with E-state index in [1.54, 1.807) is 36.9 Å². The highest BCUT2D eigenvalue weighted by molar-refractivity contribution is 7.99. The quantitative estimate of drug-likeness (QED) is 0.0714. The first-order valence-electron chi connectivity index (χ1n) is 21.3. The van der Waals surface area contributed by atoms with Gasteiger partial charge in [-0.1, -0.05) is 58.9 Å². The van der Waals surface area contributed by atoms with Crippen LogP contribution in [0.4, 0.5) is 34.9 Å². The summed E-state index contributed by atoms with van der Waals surface area (Å²) in [5, 5.41) is 1.78. The number of fused-ring (bicyclic) bond motifs is 2. The molecule has 0 saturated carbocycles. The van der Waals surface area contributed by atoms with Crippen LogP contribution in [0.1, 0.15) is 60.0 Å². The van der Waals surface area contributed by atoms with Gasteiger partial charge in [0.05, 0.1) is 22.4 Å². The number of pyridine rings is 2. The van der Waals surface area contributed by atoms with Crippen molar-refractivity contribution in [3.05, 3.63) is 106 Å². The van der Waals surface area contributed by atoms with Crippen molar-refractivity contribution in [2.24, 2.45) is 22.3 Å². The Morgan fingerprint density at radius 3 is 1.41 bits per heavy atom. The lowest BCUT2D eigenvalue weighted by Gasteiger charge is -2.42. The molecule has 2 saturated heterocycles. The molecule has 17 nitrogen and oxygen atoms in total. The first-order chi connectivity index (χ1) is 31.8. The van der Waals surface area contributed by atoms with Gasteiger partial charge in [0.2, 0.25) is 0 Å². The summed E-state index contributed by atoms with van der Waals surface area (Å²) in [4.78, 5) is 32.4. The van der Waals surface area contributed by atoms with E-state index in [2.05, 4.69) is 39.7 Å². The summed E-state index contributed by atoms with van der Waals surface area (Å²) in [6, 6.07) is 14.6. The molecule has 0 amide bonds. The Morgan fingerprint density at radius 1 is 0.606 bits per heavy atom. The van der Waals surface area contributed by atoms with Gasteiger partial charge in [0, 0.05) is 65.0 Å². The van der Waals surface area contributed by atoms with Crippen molar-refractivity contribution in [1.29, 1.82) is 0 Å². The maximum atomic E-state index is 13.4. The zero-order valence-corrected chi connectivity index (χ0v) is 39.5. The van der Waals surface area contributed by atoms with E-state index in [9.17, 15) is 4.57 Å². The van der Waals surface area contributed by atoms with Gasteiger partial charge in [0.25, 0.3) is 0 Å². The van der Waals surface area contributed by atoms with Crippen LogP contribution in [0.25, 0.3) is 0 Å². The van der Waals surface area contributed by atoms with E-state index in [0.29, 0.717) is 64.7 Å².